The third-order valence-corrected chi connectivity index (χ3v) is 7.21. The first-order chi connectivity index (χ1) is 9.87. The highest BCUT2D eigenvalue weighted by Crippen LogP contribution is 2.38. The van der Waals surface area contributed by atoms with Gasteiger partial charge in [-0.05, 0) is 59.8 Å². The average Bonchev–Trinajstić information content (AvgIpc) is 3.22. The molecule has 0 radical (unpaired) electrons. The van der Waals surface area contributed by atoms with Crippen molar-refractivity contribution in [3.8, 4) is 0 Å². The maximum atomic E-state index is 13.0. The molecule has 1 aliphatic rings. The molecule has 1 unspecified atom stereocenters. The summed E-state index contributed by atoms with van der Waals surface area (Å²) in [6.45, 7) is 2.75. The van der Waals surface area contributed by atoms with Crippen LogP contribution in [-0.4, -0.2) is 39.0 Å². The Morgan fingerprint density at radius 2 is 2.05 bits per heavy atom. The molecule has 0 heterocycles. The van der Waals surface area contributed by atoms with Crippen LogP contribution in [0.25, 0.3) is 0 Å². The molecule has 118 valence electrons. The number of benzene rings is 1. The summed E-state index contributed by atoms with van der Waals surface area (Å²) >= 11 is 6.70. The Labute approximate surface area is 143 Å². The van der Waals surface area contributed by atoms with Crippen molar-refractivity contribution in [1.29, 1.82) is 0 Å². The van der Waals surface area contributed by atoms with E-state index in [1.807, 2.05) is 6.92 Å². The smallest absolute Gasteiger partial charge is 0.244 e. The van der Waals surface area contributed by atoms with E-state index < -0.39 is 10.0 Å². The van der Waals surface area contributed by atoms with E-state index in [0.29, 0.717) is 28.4 Å². The monoisotopic (exact) mass is 439 g/mol. The first-order valence-corrected chi connectivity index (χ1v) is 9.86. The minimum Gasteiger partial charge on any atom is -0.383 e. The molecule has 0 amide bonds. The zero-order valence-corrected chi connectivity index (χ0v) is 16.0. The summed E-state index contributed by atoms with van der Waals surface area (Å²) in [4.78, 5) is 0.300. The number of ether oxygens (including phenoxy) is 1. The lowest BCUT2D eigenvalue weighted by atomic mass is 10.2. The molecule has 21 heavy (non-hydrogen) atoms. The number of rotatable bonds is 7. The van der Waals surface area contributed by atoms with Gasteiger partial charge >= 0.3 is 0 Å². The zero-order valence-electron chi connectivity index (χ0n) is 12.1. The summed E-state index contributed by atoms with van der Waals surface area (Å²) in [7, 11) is -1.95. The zero-order chi connectivity index (χ0) is 15.6. The molecule has 2 rings (SSSR count). The van der Waals surface area contributed by atoms with Gasteiger partial charge in [0.25, 0.3) is 0 Å². The Balaban J connectivity index is 2.35. The molecule has 1 saturated carbocycles. The lowest BCUT2D eigenvalue weighted by Gasteiger charge is -2.28. The number of methoxy groups -OCH3 is 1. The van der Waals surface area contributed by atoms with E-state index in [-0.39, 0.29) is 6.04 Å². The molecule has 1 aromatic carbocycles. The summed E-state index contributed by atoms with van der Waals surface area (Å²) in [5, 5.41) is 0. The fourth-order valence-corrected chi connectivity index (χ4v) is 5.73. The molecule has 0 spiro atoms. The van der Waals surface area contributed by atoms with Crippen LogP contribution in [-0.2, 0) is 14.8 Å². The Morgan fingerprint density at radius 3 is 2.57 bits per heavy atom. The summed E-state index contributed by atoms with van der Waals surface area (Å²) < 4.78 is 34.0. The summed E-state index contributed by atoms with van der Waals surface area (Å²) in [6, 6.07) is 5.13. The van der Waals surface area contributed by atoms with Gasteiger partial charge in [0.2, 0.25) is 10.0 Å². The normalized spacial score (nSPS) is 17.2. The molecule has 0 bridgehead atoms. The van der Waals surface area contributed by atoms with E-state index in [1.165, 1.54) is 0 Å². The molecule has 0 aromatic heterocycles. The Bertz CT molecular complexity index is 602. The number of hydrogen-bond donors (Lipinski definition) is 0. The van der Waals surface area contributed by atoms with Crippen LogP contribution in [0.4, 0.5) is 0 Å². The summed E-state index contributed by atoms with van der Waals surface area (Å²) in [5.74, 6) is 0.464. The minimum atomic E-state index is -3.54. The van der Waals surface area contributed by atoms with Gasteiger partial charge in [0.1, 0.15) is 0 Å². The molecule has 1 fully saturated rings. The van der Waals surface area contributed by atoms with Crippen LogP contribution in [0.2, 0.25) is 0 Å². The van der Waals surface area contributed by atoms with Crippen LogP contribution in [0.5, 0.6) is 0 Å². The van der Waals surface area contributed by atoms with Crippen LogP contribution in [0.15, 0.2) is 32.0 Å². The highest BCUT2D eigenvalue weighted by atomic mass is 79.9. The molecule has 7 heteroatoms. The van der Waals surface area contributed by atoms with Crippen molar-refractivity contribution in [2.24, 2.45) is 5.92 Å². The highest BCUT2D eigenvalue weighted by molar-refractivity contribution is 9.11. The molecule has 1 atom stereocenters. The second-order valence-electron chi connectivity index (χ2n) is 5.26. The van der Waals surface area contributed by atoms with Gasteiger partial charge in [-0.1, -0.05) is 15.9 Å². The van der Waals surface area contributed by atoms with E-state index >= 15 is 0 Å². The maximum Gasteiger partial charge on any atom is 0.244 e. The van der Waals surface area contributed by atoms with Gasteiger partial charge in [0.05, 0.1) is 11.5 Å². The Morgan fingerprint density at radius 1 is 1.38 bits per heavy atom. The molecule has 0 aliphatic heterocycles. The Hall–Kier alpha value is 0.0500. The van der Waals surface area contributed by atoms with Crippen molar-refractivity contribution in [2.45, 2.75) is 30.7 Å². The second kappa shape index (κ2) is 7.08. The fraction of sp³-hybridized carbons (Fsp3) is 0.571. The van der Waals surface area contributed by atoms with Gasteiger partial charge in [-0.15, -0.1) is 0 Å². The van der Waals surface area contributed by atoms with Crippen LogP contribution >= 0.6 is 31.9 Å². The van der Waals surface area contributed by atoms with E-state index in [0.717, 1.165) is 17.3 Å². The summed E-state index contributed by atoms with van der Waals surface area (Å²) in [5.41, 5.74) is 0. The molecular weight excluding hydrogens is 422 g/mol. The first-order valence-electron chi connectivity index (χ1n) is 6.83. The van der Waals surface area contributed by atoms with E-state index in [4.69, 9.17) is 4.74 Å². The van der Waals surface area contributed by atoms with Crippen LogP contribution in [0, 0.1) is 5.92 Å². The number of nitrogens with zero attached hydrogens (tertiary/aromatic N) is 1. The van der Waals surface area contributed by atoms with Crippen molar-refractivity contribution < 1.29 is 13.2 Å². The summed E-state index contributed by atoms with van der Waals surface area (Å²) in [6.07, 6.45) is 2.20. The molecule has 0 N–H and O–H groups in total. The standard InChI is InChI=1S/C14H19Br2NO3S/c1-10(11-3-4-11)17(7-8-20-2)21(18,19)14-6-5-12(15)9-13(14)16/h5-6,9-11H,3-4,7-8H2,1-2H3. The van der Waals surface area contributed by atoms with Gasteiger partial charge < -0.3 is 4.74 Å². The minimum absolute atomic E-state index is 0.000645. The average molecular weight is 441 g/mol. The van der Waals surface area contributed by atoms with Crippen LogP contribution < -0.4 is 0 Å². The Kier molecular flexibility index (Phi) is 5.87. The third kappa shape index (κ3) is 4.07. The SMILES string of the molecule is COCCN(C(C)C1CC1)S(=O)(=O)c1ccc(Br)cc1Br. The quantitative estimate of drug-likeness (QED) is 0.650. The number of sulfonamides is 1. The van der Waals surface area contributed by atoms with E-state index in [1.54, 1.807) is 29.6 Å². The molecular formula is C14H19Br2NO3S. The van der Waals surface area contributed by atoms with Crippen molar-refractivity contribution in [2.75, 3.05) is 20.3 Å². The molecule has 1 aromatic rings. The topological polar surface area (TPSA) is 46.6 Å². The van der Waals surface area contributed by atoms with E-state index in [9.17, 15) is 8.42 Å². The predicted molar refractivity (Wildman–Crippen MR) is 89.8 cm³/mol. The van der Waals surface area contributed by atoms with Crippen LogP contribution in [0.1, 0.15) is 19.8 Å². The maximum absolute atomic E-state index is 13.0. The van der Waals surface area contributed by atoms with Gasteiger partial charge in [0, 0.05) is 28.6 Å². The molecule has 0 saturated heterocycles. The van der Waals surface area contributed by atoms with Crippen molar-refractivity contribution in [3.63, 3.8) is 0 Å². The lowest BCUT2D eigenvalue weighted by molar-refractivity contribution is 0.164. The van der Waals surface area contributed by atoms with Crippen molar-refractivity contribution in [3.05, 3.63) is 27.1 Å². The lowest BCUT2D eigenvalue weighted by Crippen LogP contribution is -2.42. The van der Waals surface area contributed by atoms with Crippen LogP contribution in [0.3, 0.4) is 0 Å². The molecule has 4 nitrogen and oxygen atoms in total. The fourth-order valence-electron chi connectivity index (χ4n) is 2.35. The second-order valence-corrected chi connectivity index (χ2v) is 8.89. The van der Waals surface area contributed by atoms with Gasteiger partial charge in [-0.25, -0.2) is 8.42 Å². The number of hydrogen-bond acceptors (Lipinski definition) is 3. The van der Waals surface area contributed by atoms with Gasteiger partial charge in [0.15, 0.2) is 0 Å². The van der Waals surface area contributed by atoms with E-state index in [2.05, 4.69) is 31.9 Å². The predicted octanol–water partition coefficient (Wildman–Crippen LogP) is 3.65. The van der Waals surface area contributed by atoms with Gasteiger partial charge in [-0.2, -0.15) is 4.31 Å². The third-order valence-electron chi connectivity index (χ3n) is 3.75. The first kappa shape index (κ1) is 17.4. The highest BCUT2D eigenvalue weighted by Gasteiger charge is 2.38. The van der Waals surface area contributed by atoms with Crippen molar-refractivity contribution >= 4 is 41.9 Å². The number of halogens is 2. The molecule has 1 aliphatic carbocycles. The largest absolute Gasteiger partial charge is 0.383 e. The van der Waals surface area contributed by atoms with Crippen molar-refractivity contribution in [1.82, 2.24) is 4.31 Å². The van der Waals surface area contributed by atoms with Gasteiger partial charge in [-0.3, -0.25) is 0 Å².